The number of nitro benzene ring substituents is 1. The fourth-order valence-electron chi connectivity index (χ4n) is 1.34. The average Bonchev–Trinajstić information content (AvgIpc) is 2.42. The number of nitrogens with zero attached hydrogens (tertiary/aromatic N) is 1. The zero-order valence-corrected chi connectivity index (χ0v) is 11.8. The Morgan fingerprint density at radius 1 is 1.50 bits per heavy atom. The number of carbonyl (C=O) groups is 2. The normalized spacial score (nSPS) is 11.6. The van der Waals surface area contributed by atoms with Crippen LogP contribution >= 0.6 is 23.2 Å². The number of alkyl halides is 1. The predicted molar refractivity (Wildman–Crippen MR) is 72.1 cm³/mol. The number of methoxy groups -OCH3 is 1. The van der Waals surface area contributed by atoms with Crippen LogP contribution in [0.2, 0.25) is 5.02 Å². The monoisotopic (exact) mass is 320 g/mol. The van der Waals surface area contributed by atoms with Gasteiger partial charge in [-0.15, -0.1) is 11.6 Å². The van der Waals surface area contributed by atoms with Gasteiger partial charge in [0.15, 0.2) is 0 Å². The van der Waals surface area contributed by atoms with Gasteiger partial charge in [0.25, 0.3) is 11.6 Å². The maximum atomic E-state index is 11.9. The smallest absolute Gasteiger partial charge is 0.325 e. The van der Waals surface area contributed by atoms with E-state index < -0.39 is 27.9 Å². The highest BCUT2D eigenvalue weighted by molar-refractivity contribution is 6.31. The minimum atomic E-state index is -1.08. The van der Waals surface area contributed by atoms with E-state index in [4.69, 9.17) is 23.2 Å². The molecule has 20 heavy (non-hydrogen) atoms. The molecule has 0 saturated carbocycles. The summed E-state index contributed by atoms with van der Waals surface area (Å²) in [7, 11) is 1.15. The Morgan fingerprint density at radius 3 is 2.70 bits per heavy atom. The minimum Gasteiger partial charge on any atom is -0.468 e. The van der Waals surface area contributed by atoms with Gasteiger partial charge in [0.05, 0.1) is 12.0 Å². The molecule has 0 radical (unpaired) electrons. The van der Waals surface area contributed by atoms with Gasteiger partial charge in [0, 0.05) is 17.6 Å². The molecular formula is C11H10Cl2N2O5. The molecule has 1 aromatic carbocycles. The molecule has 0 spiro atoms. The summed E-state index contributed by atoms with van der Waals surface area (Å²) < 4.78 is 4.38. The maximum Gasteiger partial charge on any atom is 0.325 e. The lowest BCUT2D eigenvalue weighted by Crippen LogP contribution is -2.34. The van der Waals surface area contributed by atoms with E-state index in [1.165, 1.54) is 6.07 Å². The zero-order chi connectivity index (χ0) is 15.3. The Labute approximate surface area is 124 Å². The summed E-state index contributed by atoms with van der Waals surface area (Å²) in [6.45, 7) is -0.225. The van der Waals surface area contributed by atoms with Gasteiger partial charge < -0.3 is 10.1 Å². The highest BCUT2D eigenvalue weighted by atomic mass is 35.5. The Morgan fingerprint density at radius 2 is 2.15 bits per heavy atom. The van der Waals surface area contributed by atoms with E-state index in [2.05, 4.69) is 10.1 Å². The summed E-state index contributed by atoms with van der Waals surface area (Å²) in [5.74, 6) is -1.47. The third-order valence-corrected chi connectivity index (χ3v) is 2.87. The van der Waals surface area contributed by atoms with E-state index >= 15 is 0 Å². The van der Waals surface area contributed by atoms with Crippen LogP contribution in [0.5, 0.6) is 0 Å². The van der Waals surface area contributed by atoms with Crippen molar-refractivity contribution in [2.75, 3.05) is 13.7 Å². The van der Waals surface area contributed by atoms with Gasteiger partial charge in [-0.25, -0.2) is 0 Å². The highest BCUT2D eigenvalue weighted by Crippen LogP contribution is 2.22. The fourth-order valence-corrected chi connectivity index (χ4v) is 1.68. The van der Waals surface area contributed by atoms with Crippen molar-refractivity contribution in [2.24, 2.45) is 0 Å². The van der Waals surface area contributed by atoms with Crippen LogP contribution in [0.25, 0.3) is 0 Å². The number of carbonyl (C=O) groups excluding carboxylic acids is 2. The number of rotatable bonds is 5. The lowest BCUT2D eigenvalue weighted by Gasteiger charge is -2.09. The summed E-state index contributed by atoms with van der Waals surface area (Å²) in [5.41, 5.74) is -0.604. The second kappa shape index (κ2) is 7.06. The Kier molecular flexibility index (Phi) is 5.72. The van der Waals surface area contributed by atoms with Crippen LogP contribution in [-0.2, 0) is 9.53 Å². The Bertz CT molecular complexity index is 550. The van der Waals surface area contributed by atoms with Crippen LogP contribution in [-0.4, -0.2) is 35.8 Å². The molecule has 0 bridgehead atoms. The van der Waals surface area contributed by atoms with Crippen LogP contribution in [0, 0.1) is 10.1 Å². The van der Waals surface area contributed by atoms with Gasteiger partial charge >= 0.3 is 5.97 Å². The number of esters is 1. The van der Waals surface area contributed by atoms with Crippen molar-refractivity contribution in [3.05, 3.63) is 38.9 Å². The van der Waals surface area contributed by atoms with Crippen molar-refractivity contribution < 1.29 is 19.2 Å². The van der Waals surface area contributed by atoms with E-state index in [9.17, 15) is 19.7 Å². The minimum absolute atomic E-state index is 0.177. The molecule has 0 aliphatic rings. The standard InChI is InChI=1S/C11H10Cl2N2O5/c1-20-11(17)8(13)5-14-10(16)7-4-6(12)2-3-9(7)15(18)19/h2-4,8H,5H2,1H3,(H,14,16). The van der Waals surface area contributed by atoms with Gasteiger partial charge in [0.2, 0.25) is 0 Å². The quantitative estimate of drug-likeness (QED) is 0.386. The first kappa shape index (κ1) is 16.2. The van der Waals surface area contributed by atoms with Crippen LogP contribution < -0.4 is 5.32 Å². The zero-order valence-electron chi connectivity index (χ0n) is 10.3. The largest absolute Gasteiger partial charge is 0.468 e. The molecule has 9 heteroatoms. The van der Waals surface area contributed by atoms with Crippen molar-refractivity contribution in [2.45, 2.75) is 5.38 Å². The second-order valence-corrected chi connectivity index (χ2v) is 4.58. The summed E-state index contributed by atoms with van der Waals surface area (Å²) in [5, 5.41) is 12.2. The molecular weight excluding hydrogens is 311 g/mol. The number of nitro groups is 1. The number of halogens is 2. The fraction of sp³-hybridized carbons (Fsp3) is 0.273. The maximum absolute atomic E-state index is 11.9. The molecule has 1 amide bonds. The number of nitrogens with one attached hydrogen (secondary N) is 1. The lowest BCUT2D eigenvalue weighted by atomic mass is 10.1. The number of hydrogen-bond acceptors (Lipinski definition) is 5. The first-order chi connectivity index (χ1) is 9.36. The van der Waals surface area contributed by atoms with Crippen LogP contribution in [0.1, 0.15) is 10.4 Å². The van der Waals surface area contributed by atoms with Gasteiger partial charge in [-0.2, -0.15) is 0 Å². The molecule has 0 aromatic heterocycles. The molecule has 108 valence electrons. The summed E-state index contributed by atoms with van der Waals surface area (Å²) >= 11 is 11.3. The Balaban J connectivity index is 2.85. The second-order valence-electron chi connectivity index (χ2n) is 3.62. The molecule has 0 heterocycles. The molecule has 1 atom stereocenters. The van der Waals surface area contributed by atoms with E-state index in [1.54, 1.807) is 0 Å². The van der Waals surface area contributed by atoms with Crippen molar-refractivity contribution in [1.82, 2.24) is 5.32 Å². The van der Waals surface area contributed by atoms with E-state index in [-0.39, 0.29) is 17.1 Å². The molecule has 0 fully saturated rings. The van der Waals surface area contributed by atoms with Crippen LogP contribution in [0.3, 0.4) is 0 Å². The van der Waals surface area contributed by atoms with Crippen molar-refractivity contribution in [3.8, 4) is 0 Å². The van der Waals surface area contributed by atoms with Gasteiger partial charge in [0.1, 0.15) is 10.9 Å². The van der Waals surface area contributed by atoms with Gasteiger partial charge in [-0.1, -0.05) is 11.6 Å². The topological polar surface area (TPSA) is 98.5 Å². The van der Waals surface area contributed by atoms with Gasteiger partial charge in [-0.05, 0) is 12.1 Å². The van der Waals surface area contributed by atoms with E-state index in [1.807, 2.05) is 0 Å². The molecule has 1 N–H and O–H groups in total. The van der Waals surface area contributed by atoms with Crippen LogP contribution in [0.15, 0.2) is 18.2 Å². The summed E-state index contributed by atoms with van der Waals surface area (Å²) in [6.07, 6.45) is 0. The van der Waals surface area contributed by atoms with E-state index in [0.29, 0.717) is 0 Å². The molecule has 1 rings (SSSR count). The summed E-state index contributed by atoms with van der Waals surface area (Å²) in [6, 6.07) is 3.58. The summed E-state index contributed by atoms with van der Waals surface area (Å²) in [4.78, 5) is 33.0. The number of ether oxygens (including phenoxy) is 1. The number of amides is 1. The predicted octanol–water partition coefficient (Wildman–Crippen LogP) is 1.76. The molecule has 1 aromatic rings. The average molecular weight is 321 g/mol. The van der Waals surface area contributed by atoms with Crippen molar-refractivity contribution >= 4 is 40.8 Å². The SMILES string of the molecule is COC(=O)C(Cl)CNC(=O)c1cc(Cl)ccc1[N+](=O)[O-]. The molecule has 0 saturated heterocycles. The first-order valence-electron chi connectivity index (χ1n) is 5.31. The lowest BCUT2D eigenvalue weighted by molar-refractivity contribution is -0.385. The van der Waals surface area contributed by atoms with Gasteiger partial charge in [-0.3, -0.25) is 19.7 Å². The third kappa shape index (κ3) is 4.07. The molecule has 0 aliphatic carbocycles. The first-order valence-corrected chi connectivity index (χ1v) is 6.12. The number of hydrogen-bond donors (Lipinski definition) is 1. The van der Waals surface area contributed by atoms with Crippen LogP contribution in [0.4, 0.5) is 5.69 Å². The molecule has 7 nitrogen and oxygen atoms in total. The molecule has 1 unspecified atom stereocenters. The van der Waals surface area contributed by atoms with Crippen molar-refractivity contribution in [3.63, 3.8) is 0 Å². The van der Waals surface area contributed by atoms with Crippen molar-refractivity contribution in [1.29, 1.82) is 0 Å². The highest BCUT2D eigenvalue weighted by Gasteiger charge is 2.22. The van der Waals surface area contributed by atoms with E-state index in [0.717, 1.165) is 19.2 Å². The number of benzene rings is 1. The Hall–Kier alpha value is -1.86. The molecule has 0 aliphatic heterocycles. The third-order valence-electron chi connectivity index (χ3n) is 2.30.